The summed E-state index contributed by atoms with van der Waals surface area (Å²) in [6.07, 6.45) is 3.59. The molecule has 0 bridgehead atoms. The lowest BCUT2D eigenvalue weighted by Gasteiger charge is -2.04. The minimum absolute atomic E-state index is 0.133. The predicted octanol–water partition coefficient (Wildman–Crippen LogP) is 3.86. The molecule has 0 aliphatic heterocycles. The summed E-state index contributed by atoms with van der Waals surface area (Å²) in [6.45, 7) is 2.35. The van der Waals surface area contributed by atoms with Crippen molar-refractivity contribution in [3.63, 3.8) is 0 Å². The molecule has 0 spiro atoms. The molecule has 3 aromatic heterocycles. The smallest absolute Gasteiger partial charge is 0.192 e. The quantitative estimate of drug-likeness (QED) is 0.683. The van der Waals surface area contributed by atoms with Crippen LogP contribution in [0.25, 0.3) is 10.7 Å². The number of Topliss-reactive ketones (excluding diaryl/α,β-unsaturated/α-hetero) is 1. The number of rotatable bonds is 4. The van der Waals surface area contributed by atoms with Gasteiger partial charge in [-0.1, -0.05) is 6.07 Å². The molecule has 0 fully saturated rings. The highest BCUT2D eigenvalue weighted by molar-refractivity contribution is 7.14. The topological polar surface area (TPSA) is 34.9 Å². The molecule has 0 amide bonds. The van der Waals surface area contributed by atoms with Crippen LogP contribution in [0.1, 0.15) is 14.5 Å². The van der Waals surface area contributed by atoms with Gasteiger partial charge in [-0.15, -0.1) is 22.7 Å². The van der Waals surface area contributed by atoms with Crippen LogP contribution in [0, 0.1) is 6.92 Å². The highest BCUT2D eigenvalue weighted by Gasteiger charge is 2.13. The Morgan fingerprint density at radius 2 is 2.26 bits per heavy atom. The van der Waals surface area contributed by atoms with Crippen LogP contribution in [-0.4, -0.2) is 15.3 Å². The summed E-state index contributed by atoms with van der Waals surface area (Å²) in [4.78, 5) is 19.6. The Bertz CT molecular complexity index is 695. The van der Waals surface area contributed by atoms with E-state index in [1.165, 1.54) is 0 Å². The Balaban J connectivity index is 1.85. The van der Waals surface area contributed by atoms with Crippen molar-refractivity contribution in [2.24, 2.45) is 0 Å². The zero-order valence-electron chi connectivity index (χ0n) is 10.4. The number of aromatic nitrogens is 2. The summed E-state index contributed by atoms with van der Waals surface area (Å²) in [5.41, 5.74) is 0. The van der Waals surface area contributed by atoms with E-state index < -0.39 is 0 Å². The van der Waals surface area contributed by atoms with Gasteiger partial charge < -0.3 is 4.57 Å². The van der Waals surface area contributed by atoms with Gasteiger partial charge in [-0.2, -0.15) is 0 Å². The second-order valence-electron chi connectivity index (χ2n) is 4.19. The largest absolute Gasteiger partial charge is 0.322 e. The van der Waals surface area contributed by atoms with Gasteiger partial charge in [-0.3, -0.25) is 4.79 Å². The Kier molecular flexibility index (Phi) is 3.31. The first-order chi connectivity index (χ1) is 9.24. The van der Waals surface area contributed by atoms with E-state index in [0.717, 1.165) is 20.5 Å². The first-order valence-corrected chi connectivity index (χ1v) is 7.58. The number of aryl methyl sites for hydroxylation is 1. The molecular formula is C14H12N2OS2. The summed E-state index contributed by atoms with van der Waals surface area (Å²) in [5.74, 6) is 0.991. The molecule has 19 heavy (non-hydrogen) atoms. The van der Waals surface area contributed by atoms with Crippen LogP contribution in [0.4, 0.5) is 0 Å². The molecule has 0 saturated heterocycles. The van der Waals surface area contributed by atoms with Crippen molar-refractivity contribution in [2.45, 2.75) is 13.5 Å². The molecule has 0 radical (unpaired) electrons. The highest BCUT2D eigenvalue weighted by Crippen LogP contribution is 2.23. The van der Waals surface area contributed by atoms with E-state index in [0.29, 0.717) is 6.54 Å². The van der Waals surface area contributed by atoms with Crippen molar-refractivity contribution in [1.29, 1.82) is 0 Å². The SMILES string of the molecule is Cc1ccc(C(=O)Cn2ccnc2-c2cccs2)s1. The molecule has 0 N–H and O–H groups in total. The van der Waals surface area contributed by atoms with Crippen LogP contribution in [0.3, 0.4) is 0 Å². The van der Waals surface area contributed by atoms with Crippen molar-refractivity contribution in [3.8, 4) is 10.7 Å². The molecule has 3 aromatic rings. The van der Waals surface area contributed by atoms with Gasteiger partial charge in [0.05, 0.1) is 16.3 Å². The van der Waals surface area contributed by atoms with Gasteiger partial charge in [0.2, 0.25) is 0 Å². The van der Waals surface area contributed by atoms with Gasteiger partial charge in [0.15, 0.2) is 5.78 Å². The standard InChI is InChI=1S/C14H12N2OS2/c1-10-4-5-12(19-10)11(17)9-16-7-6-15-14(16)13-3-2-8-18-13/h2-8H,9H2,1H3. The summed E-state index contributed by atoms with van der Waals surface area (Å²) in [6, 6.07) is 7.88. The Morgan fingerprint density at radius 3 is 2.95 bits per heavy atom. The number of nitrogens with zero attached hydrogens (tertiary/aromatic N) is 2. The van der Waals surface area contributed by atoms with Gasteiger partial charge in [0.25, 0.3) is 0 Å². The van der Waals surface area contributed by atoms with Crippen LogP contribution < -0.4 is 0 Å². The van der Waals surface area contributed by atoms with Gasteiger partial charge >= 0.3 is 0 Å². The Morgan fingerprint density at radius 1 is 1.37 bits per heavy atom. The van der Waals surface area contributed by atoms with Gasteiger partial charge in [0, 0.05) is 17.3 Å². The van der Waals surface area contributed by atoms with Crippen LogP contribution in [0.15, 0.2) is 42.0 Å². The lowest BCUT2D eigenvalue weighted by Crippen LogP contribution is -2.09. The second kappa shape index (κ2) is 5.11. The maximum Gasteiger partial charge on any atom is 0.192 e. The van der Waals surface area contributed by atoms with Crippen molar-refractivity contribution in [1.82, 2.24) is 9.55 Å². The Hall–Kier alpha value is -1.72. The molecule has 3 rings (SSSR count). The van der Waals surface area contributed by atoms with Gasteiger partial charge in [0.1, 0.15) is 5.82 Å². The minimum Gasteiger partial charge on any atom is -0.322 e. The predicted molar refractivity (Wildman–Crippen MR) is 78.9 cm³/mol. The zero-order chi connectivity index (χ0) is 13.2. The molecular weight excluding hydrogens is 276 g/mol. The lowest BCUT2D eigenvalue weighted by atomic mass is 10.3. The number of ketones is 1. The van der Waals surface area contributed by atoms with Crippen LogP contribution >= 0.6 is 22.7 Å². The molecule has 0 saturated carbocycles. The molecule has 5 heteroatoms. The molecule has 0 atom stereocenters. The van der Waals surface area contributed by atoms with Crippen molar-refractivity contribution in [2.75, 3.05) is 0 Å². The maximum atomic E-state index is 12.2. The van der Waals surface area contributed by atoms with Crippen LogP contribution in [0.2, 0.25) is 0 Å². The van der Waals surface area contributed by atoms with Gasteiger partial charge in [-0.05, 0) is 30.5 Å². The van der Waals surface area contributed by atoms with E-state index in [1.54, 1.807) is 28.9 Å². The molecule has 3 heterocycles. The van der Waals surface area contributed by atoms with E-state index >= 15 is 0 Å². The molecule has 0 aliphatic rings. The third-order valence-electron chi connectivity index (χ3n) is 2.79. The second-order valence-corrected chi connectivity index (χ2v) is 6.43. The summed E-state index contributed by atoms with van der Waals surface area (Å²) < 4.78 is 1.91. The zero-order valence-corrected chi connectivity index (χ0v) is 12.0. The van der Waals surface area contributed by atoms with Gasteiger partial charge in [-0.25, -0.2) is 4.98 Å². The fourth-order valence-corrected chi connectivity index (χ4v) is 3.42. The fourth-order valence-electron chi connectivity index (χ4n) is 1.88. The number of imidazole rings is 1. The number of thiophene rings is 2. The monoisotopic (exact) mass is 288 g/mol. The molecule has 0 aromatic carbocycles. The number of carbonyl (C=O) groups is 1. The van der Waals surface area contributed by atoms with Crippen LogP contribution in [-0.2, 0) is 6.54 Å². The minimum atomic E-state index is 0.133. The van der Waals surface area contributed by atoms with E-state index in [4.69, 9.17) is 0 Å². The molecule has 0 unspecified atom stereocenters. The fraction of sp³-hybridized carbons (Fsp3) is 0.143. The third kappa shape index (κ3) is 2.52. The maximum absolute atomic E-state index is 12.2. The van der Waals surface area contributed by atoms with Crippen molar-refractivity contribution >= 4 is 28.5 Å². The highest BCUT2D eigenvalue weighted by atomic mass is 32.1. The van der Waals surface area contributed by atoms with E-state index in [1.807, 2.05) is 47.3 Å². The first kappa shape index (κ1) is 12.3. The summed E-state index contributed by atoms with van der Waals surface area (Å²) >= 11 is 3.17. The third-order valence-corrected chi connectivity index (χ3v) is 4.69. The number of hydrogen-bond acceptors (Lipinski definition) is 4. The van der Waals surface area contributed by atoms with E-state index in [9.17, 15) is 4.79 Å². The molecule has 96 valence electrons. The van der Waals surface area contributed by atoms with E-state index in [2.05, 4.69) is 4.98 Å². The molecule has 0 aliphatic carbocycles. The first-order valence-electron chi connectivity index (χ1n) is 5.88. The normalized spacial score (nSPS) is 10.8. The molecule has 3 nitrogen and oxygen atoms in total. The van der Waals surface area contributed by atoms with Crippen molar-refractivity contribution < 1.29 is 4.79 Å². The average molecular weight is 288 g/mol. The van der Waals surface area contributed by atoms with Crippen LogP contribution in [0.5, 0.6) is 0 Å². The lowest BCUT2D eigenvalue weighted by molar-refractivity contribution is 0.0976. The summed E-state index contributed by atoms with van der Waals surface area (Å²) in [5, 5.41) is 2.01. The number of hydrogen-bond donors (Lipinski definition) is 0. The average Bonchev–Trinajstić information content (AvgIpc) is 3.07. The summed E-state index contributed by atoms with van der Waals surface area (Å²) in [7, 11) is 0. The van der Waals surface area contributed by atoms with E-state index in [-0.39, 0.29) is 5.78 Å². The van der Waals surface area contributed by atoms with Crippen molar-refractivity contribution in [3.05, 3.63) is 51.8 Å². The Labute approximate surface area is 119 Å². The number of carbonyl (C=O) groups excluding carboxylic acids is 1.